The molecule has 0 saturated heterocycles. The number of ether oxygens (including phenoxy) is 2. The van der Waals surface area contributed by atoms with Gasteiger partial charge in [-0.25, -0.2) is 0 Å². The van der Waals surface area contributed by atoms with Gasteiger partial charge in [-0.15, -0.1) is 0 Å². The van der Waals surface area contributed by atoms with Gasteiger partial charge in [-0.05, 0) is 92.1 Å². The van der Waals surface area contributed by atoms with E-state index in [9.17, 15) is 9.59 Å². The number of carbonyl (C=O) groups excluding carboxylic acids is 2. The minimum Gasteiger partial charge on any atom is -0.490 e. The van der Waals surface area contributed by atoms with E-state index in [-0.39, 0.29) is 23.5 Å². The van der Waals surface area contributed by atoms with Gasteiger partial charge in [-0.2, -0.15) is 0 Å². The number of para-hydroxylation sites is 2. The zero-order valence-electron chi connectivity index (χ0n) is 26.1. The molecule has 7 heteroatoms. The van der Waals surface area contributed by atoms with Gasteiger partial charge >= 0.3 is 0 Å². The molecule has 1 heterocycles. The number of allylic oxidation sites excluding steroid dienone is 1. The van der Waals surface area contributed by atoms with Crippen molar-refractivity contribution in [3.8, 4) is 11.5 Å². The summed E-state index contributed by atoms with van der Waals surface area (Å²) < 4.78 is 12.3. The highest BCUT2D eigenvalue weighted by atomic mass is 35.5. The van der Waals surface area contributed by atoms with E-state index in [2.05, 4.69) is 36.5 Å². The van der Waals surface area contributed by atoms with Crippen LogP contribution >= 0.6 is 11.6 Å². The topological polar surface area (TPSA) is 67.9 Å². The molecule has 1 N–H and O–H groups in total. The summed E-state index contributed by atoms with van der Waals surface area (Å²) in [6, 6.07) is 29.1. The minimum atomic E-state index is -0.616. The maximum atomic E-state index is 14.4. The van der Waals surface area contributed by atoms with Gasteiger partial charge in [-0.3, -0.25) is 14.5 Å². The van der Waals surface area contributed by atoms with Crippen LogP contribution in [0.1, 0.15) is 66.8 Å². The van der Waals surface area contributed by atoms with E-state index in [1.807, 2.05) is 78.6 Å². The van der Waals surface area contributed by atoms with Crippen molar-refractivity contribution in [2.45, 2.75) is 58.1 Å². The molecule has 3 aliphatic rings. The normalized spacial score (nSPS) is 19.1. The van der Waals surface area contributed by atoms with Gasteiger partial charge in [0.15, 0.2) is 17.3 Å². The van der Waals surface area contributed by atoms with Crippen molar-refractivity contribution in [3.05, 3.63) is 130 Å². The molecule has 6 nitrogen and oxygen atoms in total. The van der Waals surface area contributed by atoms with Gasteiger partial charge in [0.05, 0.1) is 24.0 Å². The second kappa shape index (κ2) is 12.7. The highest BCUT2D eigenvalue weighted by molar-refractivity contribution is 6.30. The number of benzene rings is 4. The SMILES string of the molecule is CCOc1cc([C@@H]2C3=C(C[C@@H](c4ccc(C)cc4)CC3=O)Nc3ccccc3N2C(=O)C2CC2)ccc1OCc1ccc(Cl)cc1. The summed E-state index contributed by atoms with van der Waals surface area (Å²) in [7, 11) is 0. The lowest BCUT2D eigenvalue weighted by Crippen LogP contribution is -2.39. The molecule has 234 valence electrons. The van der Waals surface area contributed by atoms with Crippen LogP contribution in [0.2, 0.25) is 5.02 Å². The Morgan fingerprint density at radius 3 is 2.37 bits per heavy atom. The van der Waals surface area contributed by atoms with Gasteiger partial charge in [0.25, 0.3) is 0 Å². The Kier molecular flexibility index (Phi) is 8.31. The molecule has 2 atom stereocenters. The van der Waals surface area contributed by atoms with Crippen molar-refractivity contribution in [2.24, 2.45) is 5.92 Å². The fourth-order valence-corrected chi connectivity index (χ4v) is 6.70. The molecule has 0 bridgehead atoms. The summed E-state index contributed by atoms with van der Waals surface area (Å²) in [6.07, 6.45) is 2.76. The van der Waals surface area contributed by atoms with Gasteiger partial charge in [0.1, 0.15) is 6.61 Å². The van der Waals surface area contributed by atoms with Crippen LogP contribution in [0, 0.1) is 12.8 Å². The lowest BCUT2D eigenvalue weighted by Gasteiger charge is -2.35. The molecule has 4 aromatic rings. The number of carbonyl (C=O) groups is 2. The lowest BCUT2D eigenvalue weighted by atomic mass is 9.78. The number of aryl methyl sites for hydroxylation is 1. The summed E-state index contributed by atoms with van der Waals surface area (Å²) >= 11 is 6.07. The van der Waals surface area contributed by atoms with E-state index in [0.717, 1.165) is 46.6 Å². The first-order chi connectivity index (χ1) is 22.4. The molecular weight excluding hydrogens is 596 g/mol. The molecule has 0 unspecified atom stereocenters. The average Bonchev–Trinajstić information content (AvgIpc) is 3.92. The van der Waals surface area contributed by atoms with E-state index < -0.39 is 6.04 Å². The summed E-state index contributed by atoms with van der Waals surface area (Å²) in [6.45, 7) is 4.78. The van der Waals surface area contributed by atoms with Crippen LogP contribution in [0.25, 0.3) is 0 Å². The van der Waals surface area contributed by atoms with Crippen LogP contribution in [0.3, 0.4) is 0 Å². The molecule has 0 spiro atoms. The number of rotatable bonds is 8. The number of fused-ring (bicyclic) bond motifs is 1. The van der Waals surface area contributed by atoms with Crippen LogP contribution in [0.4, 0.5) is 11.4 Å². The Hall–Kier alpha value is -4.55. The summed E-state index contributed by atoms with van der Waals surface area (Å²) in [5, 5.41) is 4.31. The molecule has 7 rings (SSSR count). The van der Waals surface area contributed by atoms with E-state index >= 15 is 0 Å². The number of amides is 1. The highest BCUT2D eigenvalue weighted by Crippen LogP contribution is 2.50. The van der Waals surface area contributed by atoms with E-state index in [1.165, 1.54) is 5.56 Å². The molecule has 0 aromatic heterocycles. The predicted octanol–water partition coefficient (Wildman–Crippen LogP) is 8.94. The van der Waals surface area contributed by atoms with Crippen molar-refractivity contribution in [1.82, 2.24) is 0 Å². The highest BCUT2D eigenvalue weighted by Gasteiger charge is 2.45. The largest absolute Gasteiger partial charge is 0.490 e. The number of ketones is 1. The molecular formula is C39H37ClN2O4. The first kappa shape index (κ1) is 30.1. The van der Waals surface area contributed by atoms with Crippen molar-refractivity contribution in [1.29, 1.82) is 0 Å². The number of Topliss-reactive ketones (excluding diaryl/α,β-unsaturated/α-hetero) is 1. The zero-order valence-corrected chi connectivity index (χ0v) is 26.8. The van der Waals surface area contributed by atoms with E-state index in [1.54, 1.807) is 0 Å². The summed E-state index contributed by atoms with van der Waals surface area (Å²) in [5.41, 5.74) is 7.24. The summed E-state index contributed by atoms with van der Waals surface area (Å²) in [4.78, 5) is 30.5. The standard InChI is InChI=1S/C39H37ClN2O4/c1-3-45-36-22-28(16-19-35(36)46-23-25-10-17-30(40)18-11-25)38-37-32(20-29(21-34(37)43)26-12-8-24(2)9-13-26)41-31-6-4-5-7-33(31)42(38)39(44)27-14-15-27/h4-13,16-19,22,27,29,38,41H,3,14-15,20-21,23H2,1-2H3/t29-,38-/m1/s1. The van der Waals surface area contributed by atoms with Crippen LogP contribution in [-0.2, 0) is 16.2 Å². The monoisotopic (exact) mass is 632 g/mol. The average molecular weight is 633 g/mol. The van der Waals surface area contributed by atoms with Crippen molar-refractivity contribution in [2.75, 3.05) is 16.8 Å². The van der Waals surface area contributed by atoms with Crippen molar-refractivity contribution < 1.29 is 19.1 Å². The number of hydrogen-bond donors (Lipinski definition) is 1. The number of anilines is 2. The Labute approximate surface area is 275 Å². The maximum Gasteiger partial charge on any atom is 0.231 e. The molecule has 0 radical (unpaired) electrons. The van der Waals surface area contributed by atoms with Crippen LogP contribution in [-0.4, -0.2) is 18.3 Å². The molecule has 1 fully saturated rings. The van der Waals surface area contributed by atoms with Gasteiger partial charge < -0.3 is 14.8 Å². The van der Waals surface area contributed by atoms with Crippen molar-refractivity contribution in [3.63, 3.8) is 0 Å². The van der Waals surface area contributed by atoms with Gasteiger partial charge in [-0.1, -0.05) is 71.8 Å². The van der Waals surface area contributed by atoms with Gasteiger partial charge in [0, 0.05) is 28.6 Å². The smallest absolute Gasteiger partial charge is 0.231 e. The molecule has 4 aromatic carbocycles. The Morgan fingerprint density at radius 2 is 1.63 bits per heavy atom. The molecule has 1 aliphatic heterocycles. The maximum absolute atomic E-state index is 14.4. The number of halogens is 1. The third kappa shape index (κ3) is 6.02. The Balaban J connectivity index is 1.33. The number of hydrogen-bond acceptors (Lipinski definition) is 5. The Bertz CT molecular complexity index is 1810. The fourth-order valence-electron chi connectivity index (χ4n) is 6.57. The lowest BCUT2D eigenvalue weighted by molar-refractivity contribution is -0.120. The molecule has 1 amide bonds. The third-order valence-corrected chi connectivity index (χ3v) is 9.34. The number of nitrogens with zero attached hydrogens (tertiary/aromatic N) is 1. The van der Waals surface area contributed by atoms with Gasteiger partial charge in [0.2, 0.25) is 5.91 Å². The van der Waals surface area contributed by atoms with Crippen molar-refractivity contribution >= 4 is 34.7 Å². The van der Waals surface area contributed by atoms with Crippen LogP contribution in [0.15, 0.2) is 102 Å². The predicted molar refractivity (Wildman–Crippen MR) is 182 cm³/mol. The molecule has 2 aliphatic carbocycles. The summed E-state index contributed by atoms with van der Waals surface area (Å²) in [5.74, 6) is 1.25. The molecule has 1 saturated carbocycles. The first-order valence-electron chi connectivity index (χ1n) is 16.1. The number of nitrogens with one attached hydrogen (secondary N) is 1. The zero-order chi connectivity index (χ0) is 31.8. The third-order valence-electron chi connectivity index (χ3n) is 9.09. The van der Waals surface area contributed by atoms with E-state index in [0.29, 0.717) is 48.2 Å². The Morgan fingerprint density at radius 1 is 0.891 bits per heavy atom. The first-order valence-corrected chi connectivity index (χ1v) is 16.4. The second-order valence-corrected chi connectivity index (χ2v) is 12.8. The minimum absolute atomic E-state index is 0.0421. The second-order valence-electron chi connectivity index (χ2n) is 12.4. The van der Waals surface area contributed by atoms with Crippen LogP contribution in [0.5, 0.6) is 11.5 Å². The quantitative estimate of drug-likeness (QED) is 0.210. The van der Waals surface area contributed by atoms with E-state index in [4.69, 9.17) is 21.1 Å². The molecule has 46 heavy (non-hydrogen) atoms. The van der Waals surface area contributed by atoms with Crippen LogP contribution < -0.4 is 19.7 Å². The fraction of sp³-hybridized carbons (Fsp3) is 0.282.